The molecule has 0 unspecified atom stereocenters. The summed E-state index contributed by atoms with van der Waals surface area (Å²) >= 11 is 0. The molecule has 0 atom stereocenters. The zero-order chi connectivity index (χ0) is 47.3. The molecule has 0 aromatic heterocycles. The van der Waals surface area contributed by atoms with Crippen LogP contribution in [0.1, 0.15) is 156 Å². The molecule has 0 spiro atoms. The Hall–Kier alpha value is -5.37. The summed E-state index contributed by atoms with van der Waals surface area (Å²) in [6.07, 6.45) is 21.5. The van der Waals surface area contributed by atoms with E-state index in [9.17, 15) is 9.59 Å². The number of carbonyl (C=O) groups excluding carboxylic acids is 2. The minimum atomic E-state index is -0.475. The van der Waals surface area contributed by atoms with Crippen LogP contribution in [-0.4, -0.2) is 54.1 Å². The summed E-state index contributed by atoms with van der Waals surface area (Å²) in [7, 11) is 0. The van der Waals surface area contributed by atoms with Gasteiger partial charge in [-0.1, -0.05) is 108 Å². The maximum Gasteiger partial charge on any atom is 0.407 e. The molecule has 2 heterocycles. The summed E-state index contributed by atoms with van der Waals surface area (Å²) < 4.78 is 14.8. The standard InChI is InChI=1S/C58H78N4O4/c1-10-41-61-49-27-18-16-25-47(49)57(6,7)51(61)36-32-44-23-22-24-45(33-37-52-58(8,9)48-26-17-19-28-50(48)62(52)42-11-2)54(44)65-46-34-29-43(30-35-46)31-38-53(63)59-39-20-14-12-13-15-21-40-60-55(64)66-56(3,4)5/h16-19,25-30,32-37H,10-15,20-24,31,38-42H2,1-9H3,(H-,59,60,63,64)/p+1. The smallest absolute Gasteiger partial charge is 0.407 e. The second-order valence-electron chi connectivity index (χ2n) is 20.4. The normalized spacial score (nSPS) is 17.7. The molecule has 0 radical (unpaired) electrons. The van der Waals surface area contributed by atoms with Crippen molar-refractivity contribution in [1.82, 2.24) is 10.6 Å². The van der Waals surface area contributed by atoms with Crippen molar-refractivity contribution in [2.24, 2.45) is 0 Å². The topological polar surface area (TPSA) is 82.9 Å². The van der Waals surface area contributed by atoms with Gasteiger partial charge >= 0.3 is 6.09 Å². The summed E-state index contributed by atoms with van der Waals surface area (Å²) in [5.41, 5.74) is 10.9. The van der Waals surface area contributed by atoms with Gasteiger partial charge < -0.3 is 25.0 Å². The average molecular weight is 896 g/mol. The molecule has 2 amide bonds. The van der Waals surface area contributed by atoms with Gasteiger partial charge in [-0.25, -0.2) is 4.79 Å². The average Bonchev–Trinajstić information content (AvgIpc) is 3.63. The molecular weight excluding hydrogens is 817 g/mol. The van der Waals surface area contributed by atoms with Crippen LogP contribution in [0.4, 0.5) is 16.2 Å². The molecule has 354 valence electrons. The summed E-state index contributed by atoms with van der Waals surface area (Å²) in [6, 6.07) is 26.1. The molecular formula is C58H79N4O4+. The fourth-order valence-corrected chi connectivity index (χ4v) is 9.80. The highest BCUT2D eigenvalue weighted by Crippen LogP contribution is 2.48. The Labute approximate surface area is 397 Å². The maximum atomic E-state index is 12.8. The highest BCUT2D eigenvalue weighted by Gasteiger charge is 2.44. The van der Waals surface area contributed by atoms with Gasteiger partial charge in [0.05, 0.1) is 5.41 Å². The first-order valence-corrected chi connectivity index (χ1v) is 25.1. The van der Waals surface area contributed by atoms with Crippen LogP contribution in [0.5, 0.6) is 5.75 Å². The van der Waals surface area contributed by atoms with Crippen molar-refractivity contribution < 1.29 is 23.6 Å². The lowest BCUT2D eigenvalue weighted by Crippen LogP contribution is -2.32. The molecule has 2 aliphatic heterocycles. The number of para-hydroxylation sites is 2. The second kappa shape index (κ2) is 22.9. The molecule has 3 aliphatic rings. The van der Waals surface area contributed by atoms with E-state index in [0.29, 0.717) is 25.9 Å². The van der Waals surface area contributed by atoms with Gasteiger partial charge in [-0.15, -0.1) is 0 Å². The molecule has 0 saturated carbocycles. The van der Waals surface area contributed by atoms with E-state index in [1.807, 2.05) is 20.8 Å². The van der Waals surface area contributed by atoms with Gasteiger partial charge in [0.25, 0.3) is 0 Å². The predicted molar refractivity (Wildman–Crippen MR) is 273 cm³/mol. The van der Waals surface area contributed by atoms with Gasteiger partial charge in [0.1, 0.15) is 23.7 Å². The number of rotatable bonds is 21. The monoisotopic (exact) mass is 896 g/mol. The number of ether oxygens (including phenoxy) is 2. The van der Waals surface area contributed by atoms with Gasteiger partial charge in [0.15, 0.2) is 5.71 Å². The molecule has 1 aliphatic carbocycles. The second-order valence-corrected chi connectivity index (χ2v) is 20.4. The number of fused-ring (bicyclic) bond motifs is 2. The number of alkyl carbamates (subject to hydrolysis) is 1. The lowest BCUT2D eigenvalue weighted by Gasteiger charge is -2.27. The van der Waals surface area contributed by atoms with E-state index in [1.54, 1.807) is 0 Å². The first kappa shape index (κ1) is 50.1. The Morgan fingerprint density at radius 3 is 2.12 bits per heavy atom. The first-order chi connectivity index (χ1) is 31.6. The van der Waals surface area contributed by atoms with Crippen molar-refractivity contribution in [3.05, 3.63) is 136 Å². The zero-order valence-corrected chi connectivity index (χ0v) is 41.8. The molecule has 8 heteroatoms. The summed E-state index contributed by atoms with van der Waals surface area (Å²) in [4.78, 5) is 27.1. The maximum absolute atomic E-state index is 12.8. The Kier molecular flexibility index (Phi) is 17.4. The number of hydrogen-bond acceptors (Lipinski definition) is 5. The fraction of sp³-hybridized carbons (Fsp3) is 0.500. The van der Waals surface area contributed by atoms with Crippen LogP contribution in [0.15, 0.2) is 120 Å². The van der Waals surface area contributed by atoms with Crippen LogP contribution >= 0.6 is 0 Å². The summed E-state index contributed by atoms with van der Waals surface area (Å²) in [5, 5.41) is 5.94. The third-order valence-corrected chi connectivity index (χ3v) is 13.2. The number of anilines is 1. The molecule has 0 fully saturated rings. The molecule has 8 nitrogen and oxygen atoms in total. The molecule has 66 heavy (non-hydrogen) atoms. The van der Waals surface area contributed by atoms with Crippen molar-refractivity contribution >= 4 is 29.1 Å². The number of nitrogens with zero attached hydrogens (tertiary/aromatic N) is 2. The lowest BCUT2D eigenvalue weighted by molar-refractivity contribution is -0.437. The third-order valence-electron chi connectivity index (χ3n) is 13.2. The van der Waals surface area contributed by atoms with Gasteiger partial charge in [0, 0.05) is 67.0 Å². The van der Waals surface area contributed by atoms with E-state index in [2.05, 4.69) is 159 Å². The van der Waals surface area contributed by atoms with Crippen LogP contribution < -0.4 is 20.3 Å². The van der Waals surface area contributed by atoms with Crippen molar-refractivity contribution in [2.45, 2.75) is 162 Å². The van der Waals surface area contributed by atoms with E-state index < -0.39 is 5.60 Å². The Balaban J connectivity index is 1.12. The van der Waals surface area contributed by atoms with E-state index in [4.69, 9.17) is 9.47 Å². The Bertz CT molecular complexity index is 2300. The largest absolute Gasteiger partial charge is 0.457 e. The fourth-order valence-electron chi connectivity index (χ4n) is 9.80. The number of nitrogens with one attached hydrogen (secondary N) is 2. The highest BCUT2D eigenvalue weighted by atomic mass is 16.6. The number of aryl methyl sites for hydroxylation is 1. The van der Waals surface area contributed by atoms with Gasteiger partial charge in [-0.2, -0.15) is 4.58 Å². The Morgan fingerprint density at radius 1 is 0.758 bits per heavy atom. The number of benzene rings is 3. The minimum absolute atomic E-state index is 0.0891. The van der Waals surface area contributed by atoms with Crippen LogP contribution in [0.3, 0.4) is 0 Å². The van der Waals surface area contributed by atoms with Gasteiger partial charge in [-0.05, 0) is 132 Å². The molecule has 0 saturated heterocycles. The molecule has 2 N–H and O–H groups in total. The van der Waals surface area contributed by atoms with E-state index in [-0.39, 0.29) is 22.8 Å². The quantitative estimate of drug-likeness (QED) is 0.0822. The van der Waals surface area contributed by atoms with Gasteiger partial charge in [0.2, 0.25) is 11.6 Å². The van der Waals surface area contributed by atoms with Crippen LogP contribution in [0.25, 0.3) is 0 Å². The lowest BCUT2D eigenvalue weighted by atomic mass is 9.81. The van der Waals surface area contributed by atoms with Gasteiger partial charge in [-0.3, -0.25) is 4.79 Å². The zero-order valence-electron chi connectivity index (χ0n) is 41.8. The number of allylic oxidation sites excluding steroid dienone is 7. The summed E-state index contributed by atoms with van der Waals surface area (Å²) in [5.74, 6) is 1.84. The third kappa shape index (κ3) is 12.7. The highest BCUT2D eigenvalue weighted by molar-refractivity contribution is 6.03. The predicted octanol–water partition coefficient (Wildman–Crippen LogP) is 13.5. The van der Waals surface area contributed by atoms with Crippen LogP contribution in [0.2, 0.25) is 0 Å². The first-order valence-electron chi connectivity index (χ1n) is 25.1. The van der Waals surface area contributed by atoms with Crippen molar-refractivity contribution in [1.29, 1.82) is 0 Å². The van der Waals surface area contributed by atoms with Crippen LogP contribution in [0, 0.1) is 0 Å². The van der Waals surface area contributed by atoms with Crippen molar-refractivity contribution in [3.8, 4) is 5.75 Å². The van der Waals surface area contributed by atoms with Crippen LogP contribution in [-0.2, 0) is 26.8 Å². The molecule has 3 aromatic carbocycles. The molecule has 6 rings (SSSR count). The van der Waals surface area contributed by atoms with Crippen molar-refractivity contribution in [3.63, 3.8) is 0 Å². The number of carbonyl (C=O) groups is 2. The number of hydrogen-bond donors (Lipinski definition) is 2. The number of unbranched alkanes of at least 4 members (excludes halogenated alkanes) is 5. The Morgan fingerprint density at radius 2 is 1.42 bits per heavy atom. The molecule has 3 aromatic rings. The molecule has 0 bridgehead atoms. The van der Waals surface area contributed by atoms with E-state index in [1.165, 1.54) is 45.1 Å². The summed E-state index contributed by atoms with van der Waals surface area (Å²) in [6.45, 7) is 22.8. The minimum Gasteiger partial charge on any atom is -0.457 e. The van der Waals surface area contributed by atoms with E-state index in [0.717, 1.165) is 101 Å². The number of amides is 2. The SMILES string of the molecule is CCCN1/C(=C/C=C2\CCCC(/C=C/C3=[N+](CCC)c4ccccc4C3(C)C)=C2Oc2ccc(CCC(=O)NCCCCCCCCNC(=O)OC(C)(C)C)cc2)C(C)(C)c2ccccc21. The van der Waals surface area contributed by atoms with E-state index >= 15 is 0 Å². The van der Waals surface area contributed by atoms with Crippen molar-refractivity contribution in [2.75, 3.05) is 31.1 Å².